The van der Waals surface area contributed by atoms with Crippen LogP contribution < -0.4 is 0 Å². The topological polar surface area (TPSA) is 73.4 Å². The van der Waals surface area contributed by atoms with Gasteiger partial charge < -0.3 is 15.0 Å². The van der Waals surface area contributed by atoms with Gasteiger partial charge in [0.15, 0.2) is 0 Å². The van der Waals surface area contributed by atoms with Crippen LogP contribution in [0.2, 0.25) is 0 Å². The van der Waals surface area contributed by atoms with Crippen LogP contribution in [-0.2, 0) is 16.0 Å². The van der Waals surface area contributed by atoms with Crippen LogP contribution in [0, 0.1) is 12.8 Å². The Morgan fingerprint density at radius 2 is 2.12 bits per heavy atom. The van der Waals surface area contributed by atoms with Gasteiger partial charge in [-0.2, -0.15) is 0 Å². The summed E-state index contributed by atoms with van der Waals surface area (Å²) < 4.78 is 0. The number of carbonyl (C=O) groups is 2. The SMILES string of the molecule is Cc1[nH]c2ccccc2c1CC(=O)N1CCCC(CCC(=O)O)C1. The molecule has 0 aliphatic carbocycles. The van der Waals surface area contributed by atoms with E-state index in [2.05, 4.69) is 4.98 Å². The van der Waals surface area contributed by atoms with Crippen LogP contribution in [0.25, 0.3) is 10.9 Å². The fourth-order valence-electron chi connectivity index (χ4n) is 3.68. The molecule has 0 saturated carbocycles. The molecular weight excluding hydrogens is 304 g/mol. The summed E-state index contributed by atoms with van der Waals surface area (Å²) in [4.78, 5) is 28.7. The number of hydrogen-bond donors (Lipinski definition) is 2. The summed E-state index contributed by atoms with van der Waals surface area (Å²) in [6.45, 7) is 3.48. The lowest BCUT2D eigenvalue weighted by molar-refractivity contribution is -0.137. The van der Waals surface area contributed by atoms with E-state index in [4.69, 9.17) is 5.11 Å². The van der Waals surface area contributed by atoms with Gasteiger partial charge >= 0.3 is 5.97 Å². The van der Waals surface area contributed by atoms with Crippen molar-refractivity contribution in [1.82, 2.24) is 9.88 Å². The molecule has 0 radical (unpaired) electrons. The summed E-state index contributed by atoms with van der Waals surface area (Å²) in [5, 5.41) is 9.95. The molecule has 1 aliphatic rings. The second kappa shape index (κ2) is 7.07. The Balaban J connectivity index is 1.67. The monoisotopic (exact) mass is 328 g/mol. The smallest absolute Gasteiger partial charge is 0.303 e. The number of likely N-dealkylation sites (tertiary alicyclic amines) is 1. The van der Waals surface area contributed by atoms with Crippen molar-refractivity contribution in [2.24, 2.45) is 5.92 Å². The van der Waals surface area contributed by atoms with Gasteiger partial charge in [0.05, 0.1) is 6.42 Å². The van der Waals surface area contributed by atoms with E-state index in [1.165, 1.54) is 0 Å². The fraction of sp³-hybridized carbons (Fsp3) is 0.474. The minimum absolute atomic E-state index is 0.142. The highest BCUT2D eigenvalue weighted by atomic mass is 16.4. The van der Waals surface area contributed by atoms with Crippen LogP contribution in [-0.4, -0.2) is 40.0 Å². The Kier molecular flexibility index (Phi) is 4.88. The molecule has 2 N–H and O–H groups in total. The normalized spacial score (nSPS) is 18.0. The summed E-state index contributed by atoms with van der Waals surface area (Å²) in [7, 11) is 0. The molecule has 128 valence electrons. The third-order valence-corrected chi connectivity index (χ3v) is 4.99. The molecule has 24 heavy (non-hydrogen) atoms. The van der Waals surface area contributed by atoms with E-state index < -0.39 is 5.97 Å². The van der Waals surface area contributed by atoms with Gasteiger partial charge in [-0.25, -0.2) is 0 Å². The number of fused-ring (bicyclic) bond motifs is 1. The Bertz CT molecular complexity index is 750. The summed E-state index contributed by atoms with van der Waals surface area (Å²) in [6.07, 6.45) is 3.23. The van der Waals surface area contributed by atoms with E-state index >= 15 is 0 Å². The number of carboxylic acids is 1. The largest absolute Gasteiger partial charge is 0.481 e. The molecule has 1 atom stereocenters. The van der Waals surface area contributed by atoms with Gasteiger partial charge in [-0.1, -0.05) is 18.2 Å². The first-order valence-electron chi connectivity index (χ1n) is 8.60. The van der Waals surface area contributed by atoms with Crippen LogP contribution in [0.5, 0.6) is 0 Å². The number of nitrogens with zero attached hydrogens (tertiary/aromatic N) is 1. The second-order valence-corrected chi connectivity index (χ2v) is 6.73. The number of aryl methyl sites for hydroxylation is 1. The van der Waals surface area contributed by atoms with Crippen LogP contribution in [0.15, 0.2) is 24.3 Å². The first kappa shape index (κ1) is 16.6. The molecule has 0 spiro atoms. The number of rotatable bonds is 5. The number of para-hydroxylation sites is 1. The molecule has 2 heterocycles. The third kappa shape index (κ3) is 3.61. The Hall–Kier alpha value is -2.30. The lowest BCUT2D eigenvalue weighted by Crippen LogP contribution is -2.40. The number of hydrogen-bond acceptors (Lipinski definition) is 2. The van der Waals surface area contributed by atoms with Gasteiger partial charge in [0.2, 0.25) is 5.91 Å². The predicted octanol–water partition coefficient (Wildman–Crippen LogP) is 3.12. The maximum Gasteiger partial charge on any atom is 0.303 e. The van der Waals surface area contributed by atoms with Gasteiger partial charge in [0, 0.05) is 36.1 Å². The summed E-state index contributed by atoms with van der Waals surface area (Å²) >= 11 is 0. The van der Waals surface area contributed by atoms with Crippen molar-refractivity contribution in [2.45, 2.75) is 39.0 Å². The number of carboxylic acid groups (broad SMARTS) is 1. The third-order valence-electron chi connectivity index (χ3n) is 4.99. The number of H-pyrrole nitrogens is 1. The fourth-order valence-corrected chi connectivity index (χ4v) is 3.68. The number of benzene rings is 1. The zero-order valence-corrected chi connectivity index (χ0v) is 14.0. The van der Waals surface area contributed by atoms with Crippen LogP contribution in [0.3, 0.4) is 0 Å². The minimum atomic E-state index is -0.757. The van der Waals surface area contributed by atoms with Crippen molar-refractivity contribution >= 4 is 22.8 Å². The minimum Gasteiger partial charge on any atom is -0.481 e. The van der Waals surface area contributed by atoms with Gasteiger partial charge in [-0.15, -0.1) is 0 Å². The molecule has 1 aliphatic heterocycles. The molecule has 1 aromatic heterocycles. The van der Waals surface area contributed by atoms with Gasteiger partial charge in [0.25, 0.3) is 0 Å². The van der Waals surface area contributed by atoms with E-state index in [1.807, 2.05) is 36.1 Å². The molecule has 1 aromatic carbocycles. The highest BCUT2D eigenvalue weighted by molar-refractivity contribution is 5.90. The van der Waals surface area contributed by atoms with Crippen LogP contribution in [0.4, 0.5) is 0 Å². The second-order valence-electron chi connectivity index (χ2n) is 6.73. The lowest BCUT2D eigenvalue weighted by atomic mass is 9.93. The maximum atomic E-state index is 12.7. The lowest BCUT2D eigenvalue weighted by Gasteiger charge is -2.32. The average Bonchev–Trinajstić information content (AvgIpc) is 2.89. The quantitative estimate of drug-likeness (QED) is 0.885. The van der Waals surface area contributed by atoms with Gasteiger partial charge in [-0.05, 0) is 43.7 Å². The summed E-state index contributed by atoms with van der Waals surface area (Å²) in [5.41, 5.74) is 3.18. The molecule has 1 amide bonds. The Labute approximate surface area is 141 Å². The van der Waals surface area contributed by atoms with E-state index in [-0.39, 0.29) is 12.3 Å². The molecule has 1 fully saturated rings. The predicted molar refractivity (Wildman–Crippen MR) is 92.9 cm³/mol. The number of nitrogens with one attached hydrogen (secondary N) is 1. The molecule has 1 saturated heterocycles. The molecule has 1 unspecified atom stereocenters. The molecule has 2 aromatic rings. The number of carbonyl (C=O) groups excluding carboxylic acids is 1. The number of amides is 1. The van der Waals surface area contributed by atoms with E-state index in [0.717, 1.165) is 41.5 Å². The Morgan fingerprint density at radius 1 is 1.33 bits per heavy atom. The number of aliphatic carboxylic acids is 1. The maximum absolute atomic E-state index is 12.7. The number of piperidine rings is 1. The van der Waals surface area contributed by atoms with E-state index in [9.17, 15) is 9.59 Å². The van der Waals surface area contributed by atoms with Crippen molar-refractivity contribution in [3.05, 3.63) is 35.5 Å². The Morgan fingerprint density at radius 3 is 2.92 bits per heavy atom. The van der Waals surface area contributed by atoms with Crippen molar-refractivity contribution in [3.8, 4) is 0 Å². The van der Waals surface area contributed by atoms with Gasteiger partial charge in [-0.3, -0.25) is 9.59 Å². The van der Waals surface area contributed by atoms with Crippen molar-refractivity contribution in [1.29, 1.82) is 0 Å². The van der Waals surface area contributed by atoms with Crippen molar-refractivity contribution < 1.29 is 14.7 Å². The highest BCUT2D eigenvalue weighted by Gasteiger charge is 2.25. The molecular formula is C19H24N2O3. The highest BCUT2D eigenvalue weighted by Crippen LogP contribution is 2.25. The molecule has 5 heteroatoms. The average molecular weight is 328 g/mol. The number of aromatic nitrogens is 1. The zero-order chi connectivity index (χ0) is 17.1. The van der Waals surface area contributed by atoms with Gasteiger partial charge in [0.1, 0.15) is 0 Å². The zero-order valence-electron chi connectivity index (χ0n) is 14.0. The molecule has 5 nitrogen and oxygen atoms in total. The van der Waals surface area contributed by atoms with E-state index in [0.29, 0.717) is 25.3 Å². The van der Waals surface area contributed by atoms with E-state index in [1.54, 1.807) is 0 Å². The van der Waals surface area contributed by atoms with Crippen LogP contribution in [0.1, 0.15) is 36.9 Å². The van der Waals surface area contributed by atoms with Crippen molar-refractivity contribution in [2.75, 3.05) is 13.1 Å². The van der Waals surface area contributed by atoms with Crippen LogP contribution >= 0.6 is 0 Å². The standard InChI is InChI=1S/C19H24N2O3/c1-13-16(15-6-2-3-7-17(15)20-13)11-18(22)21-10-4-5-14(12-21)8-9-19(23)24/h2-3,6-7,14,20H,4-5,8-12H2,1H3,(H,23,24). The van der Waals surface area contributed by atoms with Crippen molar-refractivity contribution in [3.63, 3.8) is 0 Å². The summed E-state index contributed by atoms with van der Waals surface area (Å²) in [6, 6.07) is 8.06. The number of aromatic amines is 1. The first-order chi connectivity index (χ1) is 11.5. The molecule has 0 bridgehead atoms. The first-order valence-corrected chi connectivity index (χ1v) is 8.60. The summed E-state index contributed by atoms with van der Waals surface area (Å²) in [5.74, 6) is -0.307. The molecule has 3 rings (SSSR count).